The van der Waals surface area contributed by atoms with Crippen molar-refractivity contribution in [2.24, 2.45) is 0 Å². The largest absolute Gasteiger partial charge is 0.490 e. The second kappa shape index (κ2) is 8.40. The molecule has 6 nitrogen and oxygen atoms in total. The fourth-order valence-electron chi connectivity index (χ4n) is 4.04. The van der Waals surface area contributed by atoms with Crippen molar-refractivity contribution < 1.29 is 14.3 Å². The Bertz CT molecular complexity index is 1090. The van der Waals surface area contributed by atoms with Crippen LogP contribution in [0.25, 0.3) is 11.0 Å². The number of H-pyrrole nitrogens is 1. The molecule has 3 aromatic rings. The van der Waals surface area contributed by atoms with E-state index in [9.17, 15) is 4.79 Å². The molecule has 1 saturated heterocycles. The van der Waals surface area contributed by atoms with Gasteiger partial charge in [-0.2, -0.15) is 0 Å². The van der Waals surface area contributed by atoms with Crippen LogP contribution >= 0.6 is 23.4 Å². The minimum Gasteiger partial charge on any atom is -0.490 e. The van der Waals surface area contributed by atoms with Gasteiger partial charge in [-0.1, -0.05) is 29.4 Å². The van der Waals surface area contributed by atoms with Gasteiger partial charge < -0.3 is 19.4 Å². The summed E-state index contributed by atoms with van der Waals surface area (Å²) >= 11 is 7.46. The van der Waals surface area contributed by atoms with Crippen molar-refractivity contribution in [2.75, 3.05) is 25.5 Å². The van der Waals surface area contributed by atoms with Crippen LogP contribution in [0.3, 0.4) is 0 Å². The van der Waals surface area contributed by atoms with Gasteiger partial charge in [-0.3, -0.25) is 4.79 Å². The summed E-state index contributed by atoms with van der Waals surface area (Å²) in [6.07, 6.45) is 2.83. The van der Waals surface area contributed by atoms with Crippen LogP contribution in [0.4, 0.5) is 0 Å². The van der Waals surface area contributed by atoms with Crippen molar-refractivity contribution in [2.45, 2.75) is 30.5 Å². The molecule has 1 N–H and O–H groups in total. The number of carbonyl (C=O) groups is 1. The predicted molar refractivity (Wildman–Crippen MR) is 118 cm³/mol. The van der Waals surface area contributed by atoms with Crippen LogP contribution in [0.2, 0.25) is 5.02 Å². The highest BCUT2D eigenvalue weighted by atomic mass is 35.5. The molecular formula is C22H22ClN3O3S. The number of ether oxygens (including phenoxy) is 2. The van der Waals surface area contributed by atoms with Gasteiger partial charge in [0, 0.05) is 18.0 Å². The number of aromatic nitrogens is 2. The van der Waals surface area contributed by atoms with E-state index < -0.39 is 0 Å². The first-order valence-electron chi connectivity index (χ1n) is 10.1. The average Bonchev–Trinajstić information content (AvgIpc) is 3.32. The molecule has 1 atom stereocenters. The van der Waals surface area contributed by atoms with E-state index in [2.05, 4.69) is 16.0 Å². The topological polar surface area (TPSA) is 67.5 Å². The molecule has 0 bridgehead atoms. The fourth-order valence-corrected chi connectivity index (χ4v) is 4.98. The van der Waals surface area contributed by atoms with Gasteiger partial charge in [0.15, 0.2) is 16.7 Å². The Hall–Kier alpha value is -2.38. The minimum atomic E-state index is 0.0738. The van der Waals surface area contributed by atoms with Crippen LogP contribution in [-0.4, -0.2) is 46.3 Å². The van der Waals surface area contributed by atoms with Crippen LogP contribution in [0.5, 0.6) is 11.5 Å². The highest BCUT2D eigenvalue weighted by molar-refractivity contribution is 7.99. The summed E-state index contributed by atoms with van der Waals surface area (Å²) in [4.78, 5) is 22.7. The van der Waals surface area contributed by atoms with Gasteiger partial charge in [0.1, 0.15) is 0 Å². The van der Waals surface area contributed by atoms with Gasteiger partial charge in [0.05, 0.1) is 36.0 Å². The zero-order chi connectivity index (χ0) is 20.5. The number of amides is 1. The maximum Gasteiger partial charge on any atom is 0.233 e. The quantitative estimate of drug-likeness (QED) is 0.585. The smallest absolute Gasteiger partial charge is 0.233 e. The lowest BCUT2D eigenvalue weighted by molar-refractivity contribution is -0.129. The second-order valence-electron chi connectivity index (χ2n) is 7.49. The third kappa shape index (κ3) is 3.96. The van der Waals surface area contributed by atoms with E-state index in [4.69, 9.17) is 21.1 Å². The number of nitrogens with one attached hydrogen (secondary N) is 1. The standard InChI is InChI=1S/C22H22ClN3O3S/c23-15-5-6-16-17(12-15)25-22(24-16)30-13-21(27)26-8-1-3-18(26)14-4-7-19-20(11-14)29-10-2-9-28-19/h4-7,11-12,18H,1-3,8-10,13H2,(H,24,25)/t18-/m1/s1. The van der Waals surface area contributed by atoms with E-state index in [-0.39, 0.29) is 11.9 Å². The highest BCUT2D eigenvalue weighted by Crippen LogP contribution is 2.38. The molecule has 1 aromatic heterocycles. The van der Waals surface area contributed by atoms with E-state index >= 15 is 0 Å². The SMILES string of the molecule is O=C(CSc1nc2ccc(Cl)cc2[nH]1)N1CCC[C@@H]1c1ccc2c(c1)OCCCO2. The first-order chi connectivity index (χ1) is 14.7. The van der Waals surface area contributed by atoms with Crippen molar-refractivity contribution in [3.8, 4) is 11.5 Å². The van der Waals surface area contributed by atoms with E-state index in [1.807, 2.05) is 35.2 Å². The molecule has 2 aliphatic rings. The van der Waals surface area contributed by atoms with E-state index in [0.717, 1.165) is 59.1 Å². The summed E-state index contributed by atoms with van der Waals surface area (Å²) in [6, 6.07) is 11.7. The van der Waals surface area contributed by atoms with Crippen LogP contribution in [0, 0.1) is 0 Å². The summed E-state index contributed by atoms with van der Waals surface area (Å²) in [6.45, 7) is 2.10. The van der Waals surface area contributed by atoms with Crippen molar-refractivity contribution in [1.29, 1.82) is 0 Å². The number of fused-ring (bicyclic) bond motifs is 2. The summed E-state index contributed by atoms with van der Waals surface area (Å²) in [5.41, 5.74) is 2.83. The number of hydrogen-bond donors (Lipinski definition) is 1. The molecule has 30 heavy (non-hydrogen) atoms. The third-order valence-corrected chi connectivity index (χ3v) is 6.58. The van der Waals surface area contributed by atoms with Crippen LogP contribution in [0.15, 0.2) is 41.6 Å². The van der Waals surface area contributed by atoms with Crippen LogP contribution < -0.4 is 9.47 Å². The Labute approximate surface area is 183 Å². The average molecular weight is 444 g/mol. The molecule has 156 valence electrons. The summed E-state index contributed by atoms with van der Waals surface area (Å²) < 4.78 is 11.6. The van der Waals surface area contributed by atoms with Crippen molar-refractivity contribution in [3.63, 3.8) is 0 Å². The van der Waals surface area contributed by atoms with E-state index in [1.54, 1.807) is 0 Å². The zero-order valence-electron chi connectivity index (χ0n) is 16.4. The fraction of sp³-hybridized carbons (Fsp3) is 0.364. The number of nitrogens with zero attached hydrogens (tertiary/aromatic N) is 2. The summed E-state index contributed by atoms with van der Waals surface area (Å²) in [7, 11) is 0. The van der Waals surface area contributed by atoms with Gasteiger partial charge >= 0.3 is 0 Å². The Morgan fingerprint density at radius 2 is 2.03 bits per heavy atom. The molecule has 1 amide bonds. The highest BCUT2D eigenvalue weighted by Gasteiger charge is 2.30. The number of thioether (sulfide) groups is 1. The van der Waals surface area contributed by atoms with Crippen LogP contribution in [0.1, 0.15) is 30.9 Å². The lowest BCUT2D eigenvalue weighted by Gasteiger charge is -2.25. The third-order valence-electron chi connectivity index (χ3n) is 5.48. The number of imidazole rings is 1. The Morgan fingerprint density at radius 3 is 2.93 bits per heavy atom. The van der Waals surface area contributed by atoms with E-state index in [1.165, 1.54) is 11.8 Å². The van der Waals surface area contributed by atoms with Gasteiger partial charge in [-0.15, -0.1) is 0 Å². The lowest BCUT2D eigenvalue weighted by Crippen LogP contribution is -2.32. The second-order valence-corrected chi connectivity index (χ2v) is 8.89. The van der Waals surface area contributed by atoms with Crippen molar-refractivity contribution in [1.82, 2.24) is 14.9 Å². The minimum absolute atomic E-state index is 0.0738. The molecule has 5 rings (SSSR count). The summed E-state index contributed by atoms with van der Waals surface area (Å²) in [5.74, 6) is 2.02. The molecule has 2 aliphatic heterocycles. The van der Waals surface area contributed by atoms with Crippen molar-refractivity contribution >= 4 is 40.3 Å². The van der Waals surface area contributed by atoms with E-state index in [0.29, 0.717) is 24.0 Å². The number of rotatable bonds is 4. The van der Waals surface area contributed by atoms with Gasteiger partial charge in [-0.25, -0.2) is 4.98 Å². The number of likely N-dealkylation sites (tertiary alicyclic amines) is 1. The van der Waals surface area contributed by atoms with Crippen LogP contribution in [-0.2, 0) is 4.79 Å². The number of aromatic amines is 1. The molecule has 1 fully saturated rings. The van der Waals surface area contributed by atoms with Crippen molar-refractivity contribution in [3.05, 3.63) is 47.0 Å². The molecular weight excluding hydrogens is 422 g/mol. The number of halogens is 1. The number of benzene rings is 2. The molecule has 3 heterocycles. The number of carbonyl (C=O) groups excluding carboxylic acids is 1. The molecule has 2 aromatic carbocycles. The molecule has 0 spiro atoms. The Balaban J connectivity index is 1.28. The van der Waals surface area contributed by atoms with Gasteiger partial charge in [0.2, 0.25) is 5.91 Å². The monoisotopic (exact) mass is 443 g/mol. The van der Waals surface area contributed by atoms with Gasteiger partial charge in [-0.05, 0) is 48.7 Å². The number of hydrogen-bond acceptors (Lipinski definition) is 5. The molecule has 0 saturated carbocycles. The maximum absolute atomic E-state index is 13.0. The Kier molecular flexibility index (Phi) is 5.48. The molecule has 8 heteroatoms. The first-order valence-corrected chi connectivity index (χ1v) is 11.5. The maximum atomic E-state index is 13.0. The normalized spacial score (nSPS) is 18.6. The molecule has 0 radical (unpaired) electrons. The lowest BCUT2D eigenvalue weighted by atomic mass is 10.0. The van der Waals surface area contributed by atoms with Gasteiger partial charge in [0.25, 0.3) is 0 Å². The summed E-state index contributed by atoms with van der Waals surface area (Å²) in [5, 5.41) is 1.39. The Morgan fingerprint density at radius 1 is 1.17 bits per heavy atom. The first kappa shape index (κ1) is 19.6. The molecule has 0 aliphatic carbocycles. The predicted octanol–water partition coefficient (Wildman–Crippen LogP) is 4.83. The zero-order valence-corrected chi connectivity index (χ0v) is 18.0. The molecule has 0 unspecified atom stereocenters.